The van der Waals surface area contributed by atoms with Crippen LogP contribution in [0.2, 0.25) is 0 Å². The third-order valence-corrected chi connectivity index (χ3v) is 5.96. The SMILES string of the molecule is CC(C)c1cnc(CN2CCC3(CCNCC3)C2)s1.Cl. The minimum atomic E-state index is 0. The van der Waals surface area contributed by atoms with Crippen molar-refractivity contribution in [2.24, 2.45) is 5.41 Å². The average Bonchev–Trinajstić information content (AvgIpc) is 2.99. The molecule has 0 radical (unpaired) electrons. The second-order valence-electron chi connectivity index (χ2n) is 6.52. The van der Waals surface area contributed by atoms with Gasteiger partial charge in [-0.05, 0) is 50.2 Å². The lowest BCUT2D eigenvalue weighted by Crippen LogP contribution is -2.38. The lowest BCUT2D eigenvalue weighted by molar-refractivity contribution is 0.194. The Hall–Kier alpha value is -0.160. The Morgan fingerprint density at radius 3 is 2.75 bits per heavy atom. The van der Waals surface area contributed by atoms with Crippen LogP contribution in [0.4, 0.5) is 0 Å². The van der Waals surface area contributed by atoms with Gasteiger partial charge in [-0.3, -0.25) is 4.90 Å². The topological polar surface area (TPSA) is 28.2 Å². The van der Waals surface area contributed by atoms with Gasteiger partial charge >= 0.3 is 0 Å². The lowest BCUT2D eigenvalue weighted by atomic mass is 9.78. The van der Waals surface area contributed by atoms with Gasteiger partial charge in [0.05, 0.1) is 6.54 Å². The number of nitrogens with zero attached hydrogens (tertiary/aromatic N) is 2. The first-order chi connectivity index (χ1) is 9.17. The van der Waals surface area contributed by atoms with Gasteiger partial charge in [0.1, 0.15) is 5.01 Å². The van der Waals surface area contributed by atoms with E-state index < -0.39 is 0 Å². The van der Waals surface area contributed by atoms with E-state index in [1.54, 1.807) is 0 Å². The third-order valence-electron chi connectivity index (χ3n) is 4.68. The zero-order chi connectivity index (χ0) is 13.3. The summed E-state index contributed by atoms with van der Waals surface area (Å²) in [6.45, 7) is 10.5. The second-order valence-corrected chi connectivity index (χ2v) is 7.67. The van der Waals surface area contributed by atoms with Crippen molar-refractivity contribution in [2.75, 3.05) is 26.2 Å². The molecule has 1 aromatic rings. The number of piperidine rings is 1. The fourth-order valence-corrected chi connectivity index (χ4v) is 4.35. The van der Waals surface area contributed by atoms with Gasteiger partial charge in [0.2, 0.25) is 0 Å². The molecule has 0 bridgehead atoms. The molecular weight excluding hydrogens is 290 g/mol. The van der Waals surface area contributed by atoms with E-state index in [4.69, 9.17) is 0 Å². The number of hydrogen-bond acceptors (Lipinski definition) is 4. The summed E-state index contributed by atoms with van der Waals surface area (Å²) in [6.07, 6.45) is 6.18. The predicted octanol–water partition coefficient (Wildman–Crippen LogP) is 3.26. The molecule has 2 aliphatic rings. The molecule has 2 fully saturated rings. The highest BCUT2D eigenvalue weighted by atomic mass is 35.5. The van der Waals surface area contributed by atoms with Crippen LogP contribution in [0.1, 0.15) is 48.9 Å². The molecule has 3 heterocycles. The molecule has 0 aliphatic carbocycles. The molecule has 1 spiro atoms. The summed E-state index contributed by atoms with van der Waals surface area (Å²) in [5.41, 5.74) is 0.614. The normalized spacial score (nSPS) is 22.4. The largest absolute Gasteiger partial charge is 0.317 e. The minimum absolute atomic E-state index is 0. The molecular formula is C15H26ClN3S. The van der Waals surface area contributed by atoms with Crippen molar-refractivity contribution in [2.45, 2.75) is 45.6 Å². The minimum Gasteiger partial charge on any atom is -0.317 e. The van der Waals surface area contributed by atoms with Crippen molar-refractivity contribution in [3.63, 3.8) is 0 Å². The third kappa shape index (κ3) is 3.53. The van der Waals surface area contributed by atoms with Gasteiger partial charge in [0.25, 0.3) is 0 Å². The molecule has 20 heavy (non-hydrogen) atoms. The van der Waals surface area contributed by atoms with E-state index in [2.05, 4.69) is 35.2 Å². The number of thiazole rings is 1. The van der Waals surface area contributed by atoms with Crippen LogP contribution in [0.3, 0.4) is 0 Å². The van der Waals surface area contributed by atoms with Gasteiger partial charge in [-0.1, -0.05) is 13.8 Å². The van der Waals surface area contributed by atoms with Crippen molar-refractivity contribution in [3.05, 3.63) is 16.1 Å². The number of likely N-dealkylation sites (tertiary alicyclic amines) is 1. The van der Waals surface area contributed by atoms with Crippen LogP contribution in [-0.4, -0.2) is 36.1 Å². The molecule has 1 aromatic heterocycles. The Morgan fingerprint density at radius 1 is 1.35 bits per heavy atom. The molecule has 2 aliphatic heterocycles. The van der Waals surface area contributed by atoms with E-state index in [9.17, 15) is 0 Å². The monoisotopic (exact) mass is 315 g/mol. The number of halogens is 1. The summed E-state index contributed by atoms with van der Waals surface area (Å²) in [5, 5.41) is 4.79. The Morgan fingerprint density at radius 2 is 2.10 bits per heavy atom. The van der Waals surface area contributed by atoms with Crippen LogP contribution < -0.4 is 5.32 Å². The average molecular weight is 316 g/mol. The predicted molar refractivity (Wildman–Crippen MR) is 87.9 cm³/mol. The van der Waals surface area contributed by atoms with Crippen LogP contribution in [0.25, 0.3) is 0 Å². The van der Waals surface area contributed by atoms with Gasteiger partial charge in [-0.2, -0.15) is 0 Å². The van der Waals surface area contributed by atoms with E-state index in [1.807, 2.05) is 11.3 Å². The highest BCUT2D eigenvalue weighted by molar-refractivity contribution is 7.11. The highest BCUT2D eigenvalue weighted by Crippen LogP contribution is 2.39. The maximum Gasteiger partial charge on any atom is 0.107 e. The maximum atomic E-state index is 4.60. The van der Waals surface area contributed by atoms with Crippen LogP contribution in [0, 0.1) is 5.41 Å². The Bertz CT molecular complexity index is 427. The molecule has 3 nitrogen and oxygen atoms in total. The van der Waals surface area contributed by atoms with Crippen LogP contribution in [0.15, 0.2) is 6.20 Å². The zero-order valence-corrected chi connectivity index (χ0v) is 14.2. The molecule has 0 atom stereocenters. The fourth-order valence-electron chi connectivity index (χ4n) is 3.38. The maximum absolute atomic E-state index is 4.60. The molecule has 114 valence electrons. The summed E-state index contributed by atoms with van der Waals surface area (Å²) >= 11 is 1.90. The summed E-state index contributed by atoms with van der Waals surface area (Å²) in [6, 6.07) is 0. The molecule has 3 rings (SSSR count). The number of hydrogen-bond donors (Lipinski definition) is 1. The molecule has 0 aromatic carbocycles. The standard InChI is InChI=1S/C15H25N3S.ClH/c1-12(2)13-9-17-14(19-13)10-18-8-5-15(11-18)3-6-16-7-4-15;/h9,12,16H,3-8,10-11H2,1-2H3;1H. The molecule has 5 heteroatoms. The van der Waals surface area contributed by atoms with Gasteiger partial charge < -0.3 is 5.32 Å². The van der Waals surface area contributed by atoms with Crippen LogP contribution in [-0.2, 0) is 6.54 Å². The Labute approximate surface area is 132 Å². The molecule has 1 N–H and O–H groups in total. The molecule has 0 unspecified atom stereocenters. The van der Waals surface area contributed by atoms with Crippen molar-refractivity contribution >= 4 is 23.7 Å². The van der Waals surface area contributed by atoms with Crippen molar-refractivity contribution < 1.29 is 0 Å². The molecule has 2 saturated heterocycles. The number of nitrogens with one attached hydrogen (secondary N) is 1. The lowest BCUT2D eigenvalue weighted by Gasteiger charge is -2.33. The summed E-state index contributed by atoms with van der Waals surface area (Å²) < 4.78 is 0. The highest BCUT2D eigenvalue weighted by Gasteiger charge is 2.38. The van der Waals surface area contributed by atoms with E-state index >= 15 is 0 Å². The summed E-state index contributed by atoms with van der Waals surface area (Å²) in [7, 11) is 0. The van der Waals surface area contributed by atoms with Crippen molar-refractivity contribution in [3.8, 4) is 0 Å². The van der Waals surface area contributed by atoms with Crippen molar-refractivity contribution in [1.82, 2.24) is 15.2 Å². The van der Waals surface area contributed by atoms with E-state index in [0.29, 0.717) is 11.3 Å². The molecule has 0 saturated carbocycles. The fraction of sp³-hybridized carbons (Fsp3) is 0.800. The van der Waals surface area contributed by atoms with E-state index in [-0.39, 0.29) is 12.4 Å². The summed E-state index contributed by atoms with van der Waals surface area (Å²) in [4.78, 5) is 8.64. The smallest absolute Gasteiger partial charge is 0.107 e. The number of rotatable bonds is 3. The molecule has 0 amide bonds. The van der Waals surface area contributed by atoms with Gasteiger partial charge in [0.15, 0.2) is 0 Å². The van der Waals surface area contributed by atoms with Gasteiger partial charge in [0, 0.05) is 17.6 Å². The number of aromatic nitrogens is 1. The zero-order valence-electron chi connectivity index (χ0n) is 12.5. The van der Waals surface area contributed by atoms with E-state index in [0.717, 1.165) is 6.54 Å². The quantitative estimate of drug-likeness (QED) is 0.928. The van der Waals surface area contributed by atoms with E-state index in [1.165, 1.54) is 55.3 Å². The Balaban J connectivity index is 0.00000147. The second kappa shape index (κ2) is 6.73. The van der Waals surface area contributed by atoms with Crippen LogP contribution >= 0.6 is 23.7 Å². The summed E-state index contributed by atoms with van der Waals surface area (Å²) in [5.74, 6) is 0.612. The first-order valence-corrected chi connectivity index (χ1v) is 8.36. The van der Waals surface area contributed by atoms with Gasteiger partial charge in [-0.25, -0.2) is 4.98 Å². The first-order valence-electron chi connectivity index (χ1n) is 7.55. The Kier molecular flexibility index (Phi) is 5.46. The van der Waals surface area contributed by atoms with Crippen molar-refractivity contribution in [1.29, 1.82) is 0 Å². The first kappa shape index (κ1) is 16.2. The van der Waals surface area contributed by atoms with Crippen LogP contribution in [0.5, 0.6) is 0 Å². The van der Waals surface area contributed by atoms with Gasteiger partial charge in [-0.15, -0.1) is 23.7 Å².